The molecule has 4 aromatic rings. The minimum atomic E-state index is -1.79. The lowest BCUT2D eigenvalue weighted by Gasteiger charge is -2.36. The normalized spacial score (nSPS) is 14.7. The van der Waals surface area contributed by atoms with E-state index in [0.717, 1.165) is 36.5 Å². The number of nitrogens with zero attached hydrogens (tertiary/aromatic N) is 1. The molecule has 1 aromatic heterocycles. The van der Waals surface area contributed by atoms with Crippen LogP contribution in [0.3, 0.4) is 0 Å². The van der Waals surface area contributed by atoms with Crippen molar-refractivity contribution in [3.05, 3.63) is 93.5 Å². The smallest absolute Gasteiger partial charge is 0.231 e. The van der Waals surface area contributed by atoms with Gasteiger partial charge in [-0.25, -0.2) is 0 Å². The molecule has 0 bridgehead atoms. The highest BCUT2D eigenvalue weighted by Gasteiger charge is 2.37. The molecule has 5 rings (SSSR count). The SMILES string of the molecule is Cc1c(-c2ccc(OCCO[Si](C)(C)C(C)(C)C)cc2)cccc1-c1cccc2c1CC[C@@H]2Oc1nc(OCC[Si](C)(C)C)c(C=O)cc1Br. The third-order valence-electron chi connectivity index (χ3n) is 10.0. The van der Waals surface area contributed by atoms with Crippen LogP contribution < -0.4 is 14.2 Å². The maximum absolute atomic E-state index is 11.8. The topological polar surface area (TPSA) is 66.9 Å². The molecule has 0 aliphatic heterocycles. The Kier molecular flexibility index (Phi) is 11.8. The number of carbonyl (C=O) groups excluding carboxylic acids is 1. The fourth-order valence-corrected chi connectivity index (χ4v) is 8.15. The summed E-state index contributed by atoms with van der Waals surface area (Å²) < 4.78 is 25.5. The molecule has 0 unspecified atom stereocenters. The van der Waals surface area contributed by atoms with Gasteiger partial charge in [-0.3, -0.25) is 4.79 Å². The number of aldehydes is 1. The number of hydrogen-bond acceptors (Lipinski definition) is 6. The number of carbonyl (C=O) groups is 1. The maximum atomic E-state index is 11.8. The summed E-state index contributed by atoms with van der Waals surface area (Å²) in [7, 11) is -3.09. The van der Waals surface area contributed by atoms with E-state index in [0.29, 0.717) is 41.6 Å². The molecule has 266 valence electrons. The number of hydrogen-bond donors (Lipinski definition) is 0. The Balaban J connectivity index is 1.31. The van der Waals surface area contributed by atoms with Crippen molar-refractivity contribution in [2.24, 2.45) is 0 Å². The molecular formula is C41H52BrNO5Si2. The molecule has 0 amide bonds. The number of fused-ring (bicyclic) bond motifs is 1. The van der Waals surface area contributed by atoms with Gasteiger partial charge in [0.25, 0.3) is 0 Å². The van der Waals surface area contributed by atoms with Gasteiger partial charge in [-0.15, -0.1) is 0 Å². The Morgan fingerprint density at radius 2 is 1.54 bits per heavy atom. The molecular weight excluding hydrogens is 723 g/mol. The molecule has 0 fully saturated rings. The molecule has 9 heteroatoms. The van der Waals surface area contributed by atoms with Gasteiger partial charge >= 0.3 is 0 Å². The van der Waals surface area contributed by atoms with E-state index in [9.17, 15) is 4.79 Å². The molecule has 0 saturated carbocycles. The van der Waals surface area contributed by atoms with Crippen molar-refractivity contribution >= 4 is 38.6 Å². The van der Waals surface area contributed by atoms with Gasteiger partial charge in [0.2, 0.25) is 11.8 Å². The Bertz CT molecular complexity index is 1810. The van der Waals surface area contributed by atoms with Crippen LogP contribution in [0.25, 0.3) is 22.3 Å². The Labute approximate surface area is 309 Å². The molecule has 1 aliphatic rings. The minimum Gasteiger partial charge on any atom is -0.491 e. The van der Waals surface area contributed by atoms with Crippen molar-refractivity contribution < 1.29 is 23.4 Å². The van der Waals surface area contributed by atoms with Gasteiger partial charge in [-0.05, 0) is 117 Å². The summed E-state index contributed by atoms with van der Waals surface area (Å²) in [5.74, 6) is 1.61. The summed E-state index contributed by atoms with van der Waals surface area (Å²) in [5, 5.41) is 0.184. The molecule has 0 saturated heterocycles. The van der Waals surface area contributed by atoms with Crippen molar-refractivity contribution in [2.75, 3.05) is 19.8 Å². The summed E-state index contributed by atoms with van der Waals surface area (Å²) in [6.07, 6.45) is 2.36. The molecule has 0 spiro atoms. The van der Waals surface area contributed by atoms with Gasteiger partial charge in [0.05, 0.1) is 23.2 Å². The number of ether oxygens (including phenoxy) is 3. The average Bonchev–Trinajstić information content (AvgIpc) is 3.46. The number of halogens is 1. The molecule has 0 radical (unpaired) electrons. The van der Waals surface area contributed by atoms with Crippen LogP contribution in [0.5, 0.6) is 17.5 Å². The molecule has 1 heterocycles. The number of rotatable bonds is 14. The largest absolute Gasteiger partial charge is 0.491 e. The third kappa shape index (κ3) is 8.97. The number of pyridine rings is 1. The van der Waals surface area contributed by atoms with E-state index in [1.165, 1.54) is 33.4 Å². The lowest BCUT2D eigenvalue weighted by Crippen LogP contribution is -2.41. The van der Waals surface area contributed by atoms with E-state index in [1.54, 1.807) is 6.07 Å². The van der Waals surface area contributed by atoms with Gasteiger partial charge in [-0.2, -0.15) is 4.98 Å². The first-order valence-corrected chi connectivity index (χ1v) is 25.0. The zero-order chi connectivity index (χ0) is 36.3. The van der Waals surface area contributed by atoms with Gasteiger partial charge in [0, 0.05) is 8.07 Å². The fourth-order valence-electron chi connectivity index (χ4n) is 5.98. The monoisotopic (exact) mass is 773 g/mol. The Morgan fingerprint density at radius 1 is 0.860 bits per heavy atom. The molecule has 1 atom stereocenters. The predicted molar refractivity (Wildman–Crippen MR) is 213 cm³/mol. The average molecular weight is 775 g/mol. The van der Waals surface area contributed by atoms with E-state index in [-0.39, 0.29) is 11.1 Å². The van der Waals surface area contributed by atoms with Crippen molar-refractivity contribution in [1.82, 2.24) is 4.98 Å². The fraction of sp³-hybridized carbons (Fsp3) is 0.415. The van der Waals surface area contributed by atoms with Crippen molar-refractivity contribution in [3.8, 4) is 39.8 Å². The van der Waals surface area contributed by atoms with Gasteiger partial charge < -0.3 is 18.6 Å². The van der Waals surface area contributed by atoms with Crippen LogP contribution in [0, 0.1) is 6.92 Å². The minimum absolute atomic E-state index is 0.158. The second-order valence-electron chi connectivity index (χ2n) is 15.9. The standard InChI is InChI=1S/C41H52BrNO5Si2/c1-28-32(29-16-18-31(19-17-29)45-22-23-47-50(8,9)41(2,3)4)12-10-13-33(28)34-14-11-15-36-35(34)20-21-38(36)48-40-37(42)26-30(27-44)39(43-40)46-24-25-49(5,6)7/h10-19,26-27,38H,20-25H2,1-9H3/t38-/m0/s1. The molecule has 1 aliphatic carbocycles. The van der Waals surface area contributed by atoms with Crippen LogP contribution in [0.2, 0.25) is 43.8 Å². The highest BCUT2D eigenvalue weighted by Crippen LogP contribution is 2.43. The molecule has 50 heavy (non-hydrogen) atoms. The number of benzene rings is 3. The van der Waals surface area contributed by atoms with E-state index in [1.807, 2.05) is 12.1 Å². The lowest BCUT2D eigenvalue weighted by molar-refractivity contribution is 0.111. The van der Waals surface area contributed by atoms with E-state index >= 15 is 0 Å². The van der Waals surface area contributed by atoms with Crippen molar-refractivity contribution in [3.63, 3.8) is 0 Å². The van der Waals surface area contributed by atoms with Crippen LogP contribution in [-0.4, -0.2) is 47.5 Å². The van der Waals surface area contributed by atoms with Gasteiger partial charge in [0.1, 0.15) is 18.5 Å². The van der Waals surface area contributed by atoms with Crippen LogP contribution >= 0.6 is 15.9 Å². The quantitative estimate of drug-likeness (QED) is 0.0722. The predicted octanol–water partition coefficient (Wildman–Crippen LogP) is 11.5. The Hall–Kier alpha value is -3.25. The van der Waals surface area contributed by atoms with E-state index in [2.05, 4.69) is 130 Å². The molecule has 6 nitrogen and oxygen atoms in total. The molecule has 0 N–H and O–H groups in total. The summed E-state index contributed by atoms with van der Waals surface area (Å²) in [6, 6.07) is 24.1. The molecule has 3 aromatic carbocycles. The summed E-state index contributed by atoms with van der Waals surface area (Å²) in [6.45, 7) is 22.1. The summed E-state index contributed by atoms with van der Waals surface area (Å²) in [5.41, 5.74) is 8.91. The second-order valence-corrected chi connectivity index (χ2v) is 27.2. The van der Waals surface area contributed by atoms with Crippen molar-refractivity contribution in [2.45, 2.75) is 90.5 Å². The highest BCUT2D eigenvalue weighted by atomic mass is 79.9. The van der Waals surface area contributed by atoms with E-state index in [4.69, 9.17) is 18.6 Å². The van der Waals surface area contributed by atoms with Crippen molar-refractivity contribution in [1.29, 1.82) is 0 Å². The first-order chi connectivity index (χ1) is 23.6. The second kappa shape index (κ2) is 15.6. The summed E-state index contributed by atoms with van der Waals surface area (Å²) >= 11 is 3.59. The van der Waals surface area contributed by atoms with Crippen LogP contribution in [0.1, 0.15) is 60.3 Å². The number of aromatic nitrogens is 1. The maximum Gasteiger partial charge on any atom is 0.231 e. The lowest BCUT2D eigenvalue weighted by atomic mass is 9.89. The zero-order valence-corrected chi connectivity index (χ0v) is 34.7. The zero-order valence-electron chi connectivity index (χ0n) is 31.1. The van der Waals surface area contributed by atoms with Crippen LogP contribution in [0.4, 0.5) is 0 Å². The van der Waals surface area contributed by atoms with Gasteiger partial charge in [-0.1, -0.05) is 88.9 Å². The highest BCUT2D eigenvalue weighted by molar-refractivity contribution is 9.10. The van der Waals surface area contributed by atoms with Gasteiger partial charge in [0.15, 0.2) is 14.6 Å². The van der Waals surface area contributed by atoms with Crippen LogP contribution in [-0.2, 0) is 10.8 Å². The Morgan fingerprint density at radius 3 is 2.22 bits per heavy atom. The van der Waals surface area contributed by atoms with E-state index < -0.39 is 16.4 Å². The first kappa shape index (κ1) is 38.0. The van der Waals surface area contributed by atoms with Crippen LogP contribution in [0.15, 0.2) is 71.2 Å². The summed E-state index contributed by atoms with van der Waals surface area (Å²) in [4.78, 5) is 16.5. The third-order valence-corrected chi connectivity index (χ3v) is 16.8. The first-order valence-electron chi connectivity index (χ1n) is 17.6.